The Morgan fingerprint density at radius 1 is 1.32 bits per heavy atom. The third-order valence-corrected chi connectivity index (χ3v) is 3.08. The molecule has 0 fully saturated rings. The summed E-state index contributed by atoms with van der Waals surface area (Å²) >= 11 is 0. The lowest BCUT2D eigenvalue weighted by atomic mass is 10.2. The van der Waals surface area contributed by atoms with E-state index in [0.717, 1.165) is 11.3 Å². The van der Waals surface area contributed by atoms with Crippen LogP contribution in [0.4, 0.5) is 0 Å². The van der Waals surface area contributed by atoms with Crippen LogP contribution in [0.25, 0.3) is 11.3 Å². The lowest BCUT2D eigenvalue weighted by Crippen LogP contribution is -2.40. The van der Waals surface area contributed by atoms with E-state index >= 15 is 0 Å². The van der Waals surface area contributed by atoms with Crippen LogP contribution in [-0.4, -0.2) is 33.8 Å². The fraction of sp³-hybridized carbons (Fsp3) is 0.273. The van der Waals surface area contributed by atoms with Crippen molar-refractivity contribution in [3.63, 3.8) is 0 Å². The molecule has 19 heavy (non-hydrogen) atoms. The molecular formula is C11H12N4O3S. The fourth-order valence-corrected chi connectivity index (χ4v) is 1.89. The molecule has 0 unspecified atom stereocenters. The Kier molecular flexibility index (Phi) is 3.82. The molecule has 0 aliphatic heterocycles. The van der Waals surface area contributed by atoms with Crippen molar-refractivity contribution in [2.75, 3.05) is 5.75 Å². The summed E-state index contributed by atoms with van der Waals surface area (Å²) in [5.74, 6) is -0.478. The molecule has 0 bridgehead atoms. The standard InChI is InChI=1S/C11H12N4O3S/c1-9-6-12-8-11(14-9)10-2-3-15(13-7-10)4-5-19(16,17)18/h2-3,6-8H,4-5H2,1H3. The zero-order valence-electron chi connectivity index (χ0n) is 10.2. The summed E-state index contributed by atoms with van der Waals surface area (Å²) in [6, 6.07) is 1.74. The van der Waals surface area contributed by atoms with E-state index in [1.165, 1.54) is 4.68 Å². The van der Waals surface area contributed by atoms with Gasteiger partial charge >= 0.3 is 0 Å². The molecule has 0 saturated carbocycles. The zero-order chi connectivity index (χ0) is 13.9. The molecule has 0 saturated heterocycles. The highest BCUT2D eigenvalue weighted by molar-refractivity contribution is 7.85. The maximum atomic E-state index is 10.5. The van der Waals surface area contributed by atoms with Gasteiger partial charge < -0.3 is 4.55 Å². The van der Waals surface area contributed by atoms with Crippen LogP contribution < -0.4 is 4.68 Å². The van der Waals surface area contributed by atoms with Gasteiger partial charge in [0, 0.05) is 17.8 Å². The average molecular weight is 280 g/mol. The van der Waals surface area contributed by atoms with Crippen LogP contribution in [0.1, 0.15) is 5.69 Å². The molecule has 2 aromatic heterocycles. The van der Waals surface area contributed by atoms with Gasteiger partial charge in [0.1, 0.15) is 16.3 Å². The molecule has 2 aromatic rings. The lowest BCUT2D eigenvalue weighted by molar-refractivity contribution is -0.750. The van der Waals surface area contributed by atoms with Gasteiger partial charge in [-0.2, -0.15) is 0 Å². The monoisotopic (exact) mass is 280 g/mol. The summed E-state index contributed by atoms with van der Waals surface area (Å²) in [5.41, 5.74) is 2.26. The maximum absolute atomic E-state index is 10.5. The smallest absolute Gasteiger partial charge is 0.197 e. The molecule has 0 aliphatic rings. The van der Waals surface area contributed by atoms with Crippen LogP contribution in [0.5, 0.6) is 0 Å². The first-order chi connectivity index (χ1) is 8.94. The first-order valence-corrected chi connectivity index (χ1v) is 7.10. The normalized spacial score (nSPS) is 11.5. The number of rotatable bonds is 4. The van der Waals surface area contributed by atoms with E-state index in [1.807, 2.05) is 6.92 Å². The Morgan fingerprint density at radius 3 is 2.68 bits per heavy atom. The van der Waals surface area contributed by atoms with Crippen molar-refractivity contribution in [3.8, 4) is 11.3 Å². The SMILES string of the molecule is Cc1cncc(-c2cc[n+](CCS(=O)(=O)[O-])nc2)n1. The number of aryl methyl sites for hydroxylation is 2. The molecule has 2 heterocycles. The van der Waals surface area contributed by atoms with Gasteiger partial charge in [0.25, 0.3) is 0 Å². The molecule has 7 nitrogen and oxygen atoms in total. The molecule has 0 radical (unpaired) electrons. The van der Waals surface area contributed by atoms with Crippen LogP contribution in [-0.2, 0) is 16.7 Å². The summed E-state index contributed by atoms with van der Waals surface area (Å²) in [7, 11) is -4.22. The Hall–Kier alpha value is -1.93. The molecule has 0 atom stereocenters. The van der Waals surface area contributed by atoms with E-state index in [9.17, 15) is 13.0 Å². The van der Waals surface area contributed by atoms with Gasteiger partial charge in [0.05, 0.1) is 23.3 Å². The molecule has 0 aliphatic carbocycles. The number of nitrogens with zero attached hydrogens (tertiary/aromatic N) is 4. The van der Waals surface area contributed by atoms with Crippen molar-refractivity contribution in [1.82, 2.24) is 15.1 Å². The highest BCUT2D eigenvalue weighted by Gasteiger charge is 2.08. The van der Waals surface area contributed by atoms with Crippen molar-refractivity contribution in [2.24, 2.45) is 0 Å². The van der Waals surface area contributed by atoms with Gasteiger partial charge in [0.2, 0.25) is 0 Å². The minimum Gasteiger partial charge on any atom is -0.748 e. The van der Waals surface area contributed by atoms with Gasteiger partial charge in [-0.15, -0.1) is 0 Å². The molecule has 0 aromatic carbocycles. The molecule has 8 heteroatoms. The number of hydrogen-bond donors (Lipinski definition) is 0. The summed E-state index contributed by atoms with van der Waals surface area (Å²) in [6.45, 7) is 1.87. The van der Waals surface area contributed by atoms with Gasteiger partial charge in [0.15, 0.2) is 12.7 Å². The largest absolute Gasteiger partial charge is 0.748 e. The van der Waals surface area contributed by atoms with Gasteiger partial charge in [-0.25, -0.2) is 13.4 Å². The molecule has 2 rings (SSSR count). The van der Waals surface area contributed by atoms with E-state index in [0.29, 0.717) is 5.69 Å². The predicted molar refractivity (Wildman–Crippen MR) is 64.8 cm³/mol. The van der Waals surface area contributed by atoms with Crippen LogP contribution >= 0.6 is 0 Å². The third-order valence-electron chi connectivity index (χ3n) is 2.39. The molecule has 0 spiro atoms. The second-order valence-electron chi connectivity index (χ2n) is 3.99. The number of aromatic nitrogens is 4. The summed E-state index contributed by atoms with van der Waals surface area (Å²) < 4.78 is 32.9. The molecule has 0 amide bonds. The highest BCUT2D eigenvalue weighted by atomic mass is 32.2. The molecular weight excluding hydrogens is 268 g/mol. The second kappa shape index (κ2) is 5.37. The lowest BCUT2D eigenvalue weighted by Gasteiger charge is -2.03. The van der Waals surface area contributed by atoms with E-state index < -0.39 is 15.9 Å². The van der Waals surface area contributed by atoms with Crippen LogP contribution in [0, 0.1) is 6.92 Å². The minimum atomic E-state index is -4.22. The van der Waals surface area contributed by atoms with Crippen molar-refractivity contribution < 1.29 is 17.7 Å². The summed E-state index contributed by atoms with van der Waals surface area (Å²) in [4.78, 5) is 8.33. The van der Waals surface area contributed by atoms with Crippen molar-refractivity contribution in [2.45, 2.75) is 13.5 Å². The van der Waals surface area contributed by atoms with Gasteiger partial charge in [-0.05, 0) is 12.0 Å². The highest BCUT2D eigenvalue weighted by Crippen LogP contribution is 2.12. The van der Waals surface area contributed by atoms with Crippen LogP contribution in [0.3, 0.4) is 0 Å². The molecule has 100 valence electrons. The van der Waals surface area contributed by atoms with E-state index in [4.69, 9.17) is 0 Å². The molecule has 0 N–H and O–H groups in total. The van der Waals surface area contributed by atoms with Crippen molar-refractivity contribution >= 4 is 10.1 Å². The summed E-state index contributed by atoms with van der Waals surface area (Å²) in [5, 5.41) is 4.03. The average Bonchev–Trinajstić information content (AvgIpc) is 2.36. The fourth-order valence-electron chi connectivity index (χ4n) is 1.48. The van der Waals surface area contributed by atoms with E-state index in [-0.39, 0.29) is 6.54 Å². The first-order valence-electron chi connectivity index (χ1n) is 5.52. The Balaban J connectivity index is 2.15. The Bertz CT molecular complexity index is 671. The van der Waals surface area contributed by atoms with Crippen molar-refractivity contribution in [3.05, 3.63) is 36.5 Å². The quantitative estimate of drug-likeness (QED) is 0.562. The van der Waals surface area contributed by atoms with Crippen molar-refractivity contribution in [1.29, 1.82) is 0 Å². The van der Waals surface area contributed by atoms with E-state index in [1.54, 1.807) is 30.9 Å². The number of hydrogen-bond acceptors (Lipinski definition) is 6. The topological polar surface area (TPSA) is 99.8 Å². The minimum absolute atomic E-state index is 0.0333. The van der Waals surface area contributed by atoms with Gasteiger partial charge in [-0.3, -0.25) is 4.98 Å². The second-order valence-corrected chi connectivity index (χ2v) is 5.51. The van der Waals surface area contributed by atoms with Crippen LogP contribution in [0.15, 0.2) is 30.9 Å². The Morgan fingerprint density at radius 2 is 2.11 bits per heavy atom. The van der Waals surface area contributed by atoms with E-state index in [2.05, 4.69) is 15.1 Å². The third kappa shape index (κ3) is 4.04. The Labute approximate surface area is 110 Å². The predicted octanol–water partition coefficient (Wildman–Crippen LogP) is -0.320. The zero-order valence-corrected chi connectivity index (χ0v) is 11.0. The van der Waals surface area contributed by atoms with Crippen LogP contribution in [0.2, 0.25) is 0 Å². The summed E-state index contributed by atoms with van der Waals surface area (Å²) in [6.07, 6.45) is 6.43. The maximum Gasteiger partial charge on any atom is 0.197 e. The first kappa shape index (κ1) is 13.5. The van der Waals surface area contributed by atoms with Gasteiger partial charge in [-0.1, -0.05) is 4.68 Å².